The van der Waals surface area contributed by atoms with Gasteiger partial charge in [0.05, 0.1) is 30.0 Å². The average Bonchev–Trinajstić information content (AvgIpc) is 3.01. The number of halogens is 3. The molecule has 1 aliphatic rings. The lowest BCUT2D eigenvalue weighted by atomic mass is 10.2. The molecule has 1 saturated heterocycles. The van der Waals surface area contributed by atoms with Crippen LogP contribution in [0.1, 0.15) is 6.42 Å². The normalized spacial score (nSPS) is 17.3. The molecule has 3 rings (SSSR count). The van der Waals surface area contributed by atoms with Gasteiger partial charge in [-0.1, -0.05) is 11.3 Å². The Morgan fingerprint density at radius 2 is 2.18 bits per heavy atom. The highest BCUT2D eigenvalue weighted by atomic mass is 32.1. The van der Waals surface area contributed by atoms with E-state index in [0.29, 0.717) is 30.0 Å². The first-order chi connectivity index (χ1) is 13.3. The van der Waals surface area contributed by atoms with E-state index >= 15 is 0 Å². The maximum atomic E-state index is 12.3. The second-order valence-corrected chi connectivity index (χ2v) is 6.98. The van der Waals surface area contributed by atoms with Crippen molar-refractivity contribution in [3.05, 3.63) is 18.2 Å². The summed E-state index contributed by atoms with van der Waals surface area (Å²) in [6.45, 7) is 1.47. The van der Waals surface area contributed by atoms with Crippen LogP contribution in [0.5, 0.6) is 5.75 Å². The predicted octanol–water partition coefficient (Wildman–Crippen LogP) is 1.63. The van der Waals surface area contributed by atoms with Crippen LogP contribution in [0.2, 0.25) is 0 Å². The average molecular weight is 418 g/mol. The van der Waals surface area contributed by atoms with E-state index in [4.69, 9.17) is 4.74 Å². The second-order valence-electron chi connectivity index (χ2n) is 5.95. The number of rotatable bonds is 6. The third-order valence-electron chi connectivity index (χ3n) is 3.72. The first kappa shape index (κ1) is 20.3. The SMILES string of the molecule is O=C(C[C@@H]1COCCN1)NCC(=O)Nc1nc2ccc(OC(F)(F)F)cc2s1. The fraction of sp³-hybridized carbons (Fsp3) is 0.438. The highest BCUT2D eigenvalue weighted by Crippen LogP contribution is 2.31. The van der Waals surface area contributed by atoms with Gasteiger partial charge in [-0.25, -0.2) is 4.98 Å². The van der Waals surface area contributed by atoms with Crippen LogP contribution in [-0.2, 0) is 14.3 Å². The Bertz CT molecular complexity index is 852. The molecule has 1 aliphatic heterocycles. The smallest absolute Gasteiger partial charge is 0.406 e. The first-order valence-corrected chi connectivity index (χ1v) is 9.14. The van der Waals surface area contributed by atoms with E-state index in [1.165, 1.54) is 12.1 Å². The van der Waals surface area contributed by atoms with Gasteiger partial charge in [0, 0.05) is 25.1 Å². The molecule has 1 aromatic heterocycles. The molecule has 2 heterocycles. The van der Waals surface area contributed by atoms with Crippen molar-refractivity contribution in [3.63, 3.8) is 0 Å². The molecule has 12 heteroatoms. The van der Waals surface area contributed by atoms with Gasteiger partial charge in [-0.2, -0.15) is 0 Å². The van der Waals surface area contributed by atoms with E-state index in [2.05, 4.69) is 25.7 Å². The number of hydrogen-bond acceptors (Lipinski definition) is 7. The zero-order valence-corrected chi connectivity index (χ0v) is 15.3. The van der Waals surface area contributed by atoms with Crippen LogP contribution < -0.4 is 20.7 Å². The number of aromatic nitrogens is 1. The van der Waals surface area contributed by atoms with Gasteiger partial charge in [-0.3, -0.25) is 9.59 Å². The number of nitrogens with zero attached hydrogens (tertiary/aromatic N) is 1. The summed E-state index contributed by atoms with van der Waals surface area (Å²) in [7, 11) is 0. The molecule has 0 saturated carbocycles. The number of nitrogens with one attached hydrogen (secondary N) is 3. The lowest BCUT2D eigenvalue weighted by molar-refractivity contribution is -0.274. The van der Waals surface area contributed by atoms with Crippen molar-refractivity contribution in [2.24, 2.45) is 0 Å². The van der Waals surface area contributed by atoms with Gasteiger partial charge in [0.15, 0.2) is 5.13 Å². The summed E-state index contributed by atoms with van der Waals surface area (Å²) < 4.78 is 46.4. The zero-order valence-electron chi connectivity index (χ0n) is 14.5. The van der Waals surface area contributed by atoms with Gasteiger partial charge in [0.25, 0.3) is 0 Å². The maximum absolute atomic E-state index is 12.3. The number of carbonyl (C=O) groups excluding carboxylic acids is 2. The molecule has 3 N–H and O–H groups in total. The van der Waals surface area contributed by atoms with E-state index in [1.807, 2.05) is 0 Å². The van der Waals surface area contributed by atoms with Gasteiger partial charge in [-0.15, -0.1) is 13.2 Å². The number of amides is 2. The summed E-state index contributed by atoms with van der Waals surface area (Å²) in [5, 5.41) is 8.36. The molecule has 152 valence electrons. The molecule has 0 bridgehead atoms. The van der Waals surface area contributed by atoms with Crippen LogP contribution in [0.15, 0.2) is 18.2 Å². The first-order valence-electron chi connectivity index (χ1n) is 8.32. The minimum Gasteiger partial charge on any atom is -0.406 e. The molecule has 1 aromatic carbocycles. The van der Waals surface area contributed by atoms with E-state index < -0.39 is 12.3 Å². The number of ether oxygens (including phenoxy) is 2. The summed E-state index contributed by atoms with van der Waals surface area (Å²) in [5.74, 6) is -1.16. The highest BCUT2D eigenvalue weighted by Gasteiger charge is 2.31. The number of carbonyl (C=O) groups is 2. The van der Waals surface area contributed by atoms with Gasteiger partial charge in [-0.05, 0) is 12.1 Å². The number of fused-ring (bicyclic) bond motifs is 1. The quantitative estimate of drug-likeness (QED) is 0.659. The molecular weight excluding hydrogens is 401 g/mol. The Balaban J connectivity index is 1.50. The Labute approximate surface area is 161 Å². The molecule has 0 spiro atoms. The lowest BCUT2D eigenvalue weighted by Crippen LogP contribution is -2.45. The topological polar surface area (TPSA) is 102 Å². The Kier molecular flexibility index (Phi) is 6.31. The zero-order chi connectivity index (χ0) is 20.1. The predicted molar refractivity (Wildman–Crippen MR) is 95.2 cm³/mol. The van der Waals surface area contributed by atoms with Crippen LogP contribution in [0.25, 0.3) is 10.2 Å². The number of anilines is 1. The molecular formula is C16H17F3N4O4S. The monoisotopic (exact) mass is 418 g/mol. The molecule has 2 amide bonds. The van der Waals surface area contributed by atoms with Crippen molar-refractivity contribution < 1.29 is 32.2 Å². The summed E-state index contributed by atoms with van der Waals surface area (Å²) in [4.78, 5) is 27.9. The molecule has 1 atom stereocenters. The summed E-state index contributed by atoms with van der Waals surface area (Å²) >= 11 is 0.999. The van der Waals surface area contributed by atoms with Gasteiger partial charge < -0.3 is 25.4 Å². The summed E-state index contributed by atoms with van der Waals surface area (Å²) in [6, 6.07) is 3.61. The molecule has 0 unspecified atom stereocenters. The Morgan fingerprint density at radius 3 is 2.89 bits per heavy atom. The summed E-state index contributed by atoms with van der Waals surface area (Å²) in [6.07, 6.45) is -4.59. The third-order valence-corrected chi connectivity index (χ3v) is 4.65. The maximum Gasteiger partial charge on any atom is 0.573 e. The van der Waals surface area contributed by atoms with Crippen LogP contribution in [-0.4, -0.2) is 55.5 Å². The van der Waals surface area contributed by atoms with Gasteiger partial charge in [0.2, 0.25) is 11.8 Å². The fourth-order valence-electron chi connectivity index (χ4n) is 2.54. The number of hydrogen-bond donors (Lipinski definition) is 3. The molecule has 8 nitrogen and oxygen atoms in total. The standard InChI is InChI=1S/C16H17F3N4O4S/c17-16(18,19)27-10-1-2-11-12(6-10)28-15(22-11)23-14(25)7-21-13(24)5-9-8-26-4-3-20-9/h1-2,6,9,20H,3-5,7-8H2,(H,21,24)(H,22,23,25)/t9-/m1/s1. The number of benzene rings is 1. The number of alkyl halides is 3. The van der Waals surface area contributed by atoms with Gasteiger partial charge >= 0.3 is 6.36 Å². The molecule has 28 heavy (non-hydrogen) atoms. The Morgan fingerprint density at radius 1 is 1.36 bits per heavy atom. The van der Waals surface area contributed by atoms with Gasteiger partial charge in [0.1, 0.15) is 5.75 Å². The van der Waals surface area contributed by atoms with Crippen molar-refractivity contribution >= 4 is 38.5 Å². The third kappa shape index (κ3) is 6.04. The lowest BCUT2D eigenvalue weighted by Gasteiger charge is -2.23. The van der Waals surface area contributed by atoms with E-state index in [1.54, 1.807) is 0 Å². The molecule has 2 aromatic rings. The fourth-order valence-corrected chi connectivity index (χ4v) is 3.46. The van der Waals surface area contributed by atoms with Crippen LogP contribution in [0, 0.1) is 0 Å². The van der Waals surface area contributed by atoms with E-state index in [0.717, 1.165) is 17.4 Å². The van der Waals surface area contributed by atoms with Crippen molar-refractivity contribution in [2.75, 3.05) is 31.6 Å². The largest absolute Gasteiger partial charge is 0.573 e. The van der Waals surface area contributed by atoms with Crippen molar-refractivity contribution in [1.29, 1.82) is 0 Å². The van der Waals surface area contributed by atoms with Crippen molar-refractivity contribution in [3.8, 4) is 5.75 Å². The highest BCUT2D eigenvalue weighted by molar-refractivity contribution is 7.22. The van der Waals surface area contributed by atoms with Crippen molar-refractivity contribution in [2.45, 2.75) is 18.8 Å². The second kappa shape index (κ2) is 8.71. The van der Waals surface area contributed by atoms with E-state index in [-0.39, 0.29) is 35.8 Å². The molecule has 1 fully saturated rings. The minimum atomic E-state index is -4.78. The van der Waals surface area contributed by atoms with Crippen LogP contribution in [0.4, 0.5) is 18.3 Å². The number of morpholine rings is 1. The minimum absolute atomic E-state index is 0.0887. The van der Waals surface area contributed by atoms with Crippen LogP contribution in [0.3, 0.4) is 0 Å². The van der Waals surface area contributed by atoms with E-state index in [9.17, 15) is 22.8 Å². The van der Waals surface area contributed by atoms with Crippen molar-refractivity contribution in [1.82, 2.24) is 15.6 Å². The Hall–Kier alpha value is -2.44. The van der Waals surface area contributed by atoms with Crippen LogP contribution >= 0.6 is 11.3 Å². The molecule has 0 aliphatic carbocycles. The number of thiazole rings is 1. The molecule has 0 radical (unpaired) electrons. The summed E-state index contributed by atoms with van der Waals surface area (Å²) in [5.41, 5.74) is 0.419.